The number of hydrogen-bond acceptors (Lipinski definition) is 1. The molecular formula is C8H7NY-2. The number of benzene rings is 1. The molecule has 10 heavy (non-hydrogen) atoms. The second kappa shape index (κ2) is 11.5. The maximum atomic E-state index is 7.21. The van der Waals surface area contributed by atoms with Crippen molar-refractivity contribution in [1.29, 1.82) is 5.26 Å². The van der Waals surface area contributed by atoms with E-state index in [2.05, 4.69) is 13.0 Å². The van der Waals surface area contributed by atoms with Crippen molar-refractivity contribution in [3.8, 4) is 6.07 Å². The molecule has 0 aromatic heterocycles. The predicted octanol–water partition coefficient (Wildman–Crippen LogP) is 1.83. The Labute approximate surface area is 86.9 Å². The third kappa shape index (κ3) is 10.6. The van der Waals surface area contributed by atoms with E-state index in [1.54, 1.807) is 0 Å². The minimum Gasteiger partial charge on any atom is -0.305 e. The van der Waals surface area contributed by atoms with Gasteiger partial charge < -0.3 is 6.92 Å². The summed E-state index contributed by atoms with van der Waals surface area (Å²) in [6.45, 7) is 2.79. The zero-order valence-corrected chi connectivity index (χ0v) is 8.46. The molecule has 0 heterocycles. The Morgan fingerprint density at radius 1 is 1.20 bits per heavy atom. The van der Waals surface area contributed by atoms with Crippen LogP contribution in [-0.4, -0.2) is 0 Å². The van der Waals surface area contributed by atoms with Gasteiger partial charge >= 0.3 is 0 Å². The van der Waals surface area contributed by atoms with Crippen LogP contribution in [-0.2, 0) is 32.7 Å². The molecule has 0 spiro atoms. The first-order valence-electron chi connectivity index (χ1n) is 2.49. The topological polar surface area (TPSA) is 23.8 Å². The standard InChI is InChI=1S/C6H5.C2H2N.Y/c1-2-4-6-5-3-1;1-2-3;/h1-5H;1H2;/q2*-1;. The quantitative estimate of drug-likeness (QED) is 0.594. The molecule has 0 unspecified atom stereocenters. The van der Waals surface area contributed by atoms with Crippen molar-refractivity contribution in [2.24, 2.45) is 0 Å². The molecule has 0 aliphatic carbocycles. The minimum absolute atomic E-state index is 0. The van der Waals surface area contributed by atoms with Gasteiger partial charge in [0.25, 0.3) is 0 Å². The first-order chi connectivity index (χ1) is 4.41. The molecule has 1 nitrogen and oxygen atoms in total. The van der Waals surface area contributed by atoms with Crippen molar-refractivity contribution < 1.29 is 32.7 Å². The van der Waals surface area contributed by atoms with Crippen molar-refractivity contribution >= 4 is 0 Å². The number of hydrogen-bond donors (Lipinski definition) is 0. The van der Waals surface area contributed by atoms with Gasteiger partial charge in [-0.05, 0) is 0 Å². The number of nitriles is 1. The van der Waals surface area contributed by atoms with Crippen LogP contribution >= 0.6 is 0 Å². The van der Waals surface area contributed by atoms with Crippen molar-refractivity contribution in [2.45, 2.75) is 0 Å². The number of nitrogens with zero attached hydrogens (tertiary/aromatic N) is 1. The third-order valence-electron chi connectivity index (χ3n) is 0.607. The Balaban J connectivity index is 0. The van der Waals surface area contributed by atoms with Crippen molar-refractivity contribution in [3.05, 3.63) is 43.3 Å². The first-order valence-corrected chi connectivity index (χ1v) is 2.49. The normalized spacial score (nSPS) is 5.50. The van der Waals surface area contributed by atoms with Crippen LogP contribution in [0.3, 0.4) is 0 Å². The summed E-state index contributed by atoms with van der Waals surface area (Å²) >= 11 is 0. The van der Waals surface area contributed by atoms with Gasteiger partial charge in [-0.1, -0.05) is 0 Å². The van der Waals surface area contributed by atoms with Crippen LogP contribution in [0.2, 0.25) is 0 Å². The molecule has 0 fully saturated rings. The van der Waals surface area contributed by atoms with Gasteiger partial charge in [-0.3, -0.25) is 0 Å². The fourth-order valence-corrected chi connectivity index (χ4v) is 0.342. The van der Waals surface area contributed by atoms with Crippen molar-refractivity contribution in [1.82, 2.24) is 0 Å². The van der Waals surface area contributed by atoms with Gasteiger partial charge in [-0.2, -0.15) is 36.4 Å². The van der Waals surface area contributed by atoms with E-state index >= 15 is 0 Å². The zero-order chi connectivity index (χ0) is 6.95. The Hall–Kier alpha value is -0.316. The second-order valence-corrected chi connectivity index (χ2v) is 1.24. The summed E-state index contributed by atoms with van der Waals surface area (Å²) in [5.41, 5.74) is 0. The van der Waals surface area contributed by atoms with E-state index in [1.807, 2.05) is 30.3 Å². The Kier molecular flexibility index (Phi) is 14.2. The Morgan fingerprint density at radius 2 is 1.60 bits per heavy atom. The van der Waals surface area contributed by atoms with E-state index < -0.39 is 0 Å². The van der Waals surface area contributed by atoms with Gasteiger partial charge in [-0.25, -0.2) is 5.26 Å². The SMILES string of the molecule is [CH2-]C#N.[Y].[c-]1ccccc1. The van der Waals surface area contributed by atoms with E-state index in [4.69, 9.17) is 5.26 Å². The van der Waals surface area contributed by atoms with Crippen LogP contribution in [0.15, 0.2) is 30.3 Å². The maximum Gasteiger partial charge on any atom is 0 e. The van der Waals surface area contributed by atoms with Crippen LogP contribution in [0.5, 0.6) is 0 Å². The van der Waals surface area contributed by atoms with Crippen LogP contribution in [0, 0.1) is 24.3 Å². The minimum atomic E-state index is 0. The average molecular weight is 206 g/mol. The van der Waals surface area contributed by atoms with E-state index in [-0.39, 0.29) is 32.7 Å². The summed E-state index contributed by atoms with van der Waals surface area (Å²) < 4.78 is 0. The molecular weight excluding hydrogens is 199 g/mol. The summed E-state index contributed by atoms with van der Waals surface area (Å²) in [5.74, 6) is 0. The largest absolute Gasteiger partial charge is 0.305 e. The predicted molar refractivity (Wildman–Crippen MR) is 36.2 cm³/mol. The molecule has 0 atom stereocenters. The van der Waals surface area contributed by atoms with E-state index in [0.29, 0.717) is 0 Å². The van der Waals surface area contributed by atoms with Gasteiger partial charge in [0.15, 0.2) is 0 Å². The summed E-state index contributed by atoms with van der Waals surface area (Å²) in [4.78, 5) is 0. The van der Waals surface area contributed by atoms with Crippen LogP contribution < -0.4 is 0 Å². The van der Waals surface area contributed by atoms with E-state index in [0.717, 1.165) is 0 Å². The van der Waals surface area contributed by atoms with Crippen LogP contribution in [0.4, 0.5) is 0 Å². The number of rotatable bonds is 0. The fourth-order valence-electron chi connectivity index (χ4n) is 0.342. The van der Waals surface area contributed by atoms with Gasteiger partial charge in [0.2, 0.25) is 0 Å². The van der Waals surface area contributed by atoms with E-state index in [9.17, 15) is 0 Å². The molecule has 0 saturated carbocycles. The average Bonchev–Trinajstić information content (AvgIpc) is 1.93. The molecule has 1 aromatic rings. The molecule has 0 aliphatic heterocycles. The van der Waals surface area contributed by atoms with Crippen LogP contribution in [0.1, 0.15) is 0 Å². The smallest absolute Gasteiger partial charge is 0 e. The molecule has 1 rings (SSSR count). The fraction of sp³-hybridized carbons (Fsp3) is 0. The zero-order valence-electron chi connectivity index (χ0n) is 5.62. The molecule has 0 amide bonds. The molecule has 0 saturated heterocycles. The van der Waals surface area contributed by atoms with Gasteiger partial charge in [0, 0.05) is 32.7 Å². The molecule has 0 N–H and O–H groups in total. The molecule has 0 aliphatic rings. The molecule has 2 heteroatoms. The molecule has 1 radical (unpaired) electrons. The first kappa shape index (κ1) is 12.4. The maximum absolute atomic E-state index is 7.21. The Bertz CT molecular complexity index is 140. The summed E-state index contributed by atoms with van der Waals surface area (Å²) in [6.07, 6.45) is 0. The van der Waals surface area contributed by atoms with Gasteiger partial charge in [-0.15, -0.1) is 6.07 Å². The summed E-state index contributed by atoms with van der Waals surface area (Å²) in [5, 5.41) is 7.21. The van der Waals surface area contributed by atoms with Gasteiger partial charge in [0.1, 0.15) is 0 Å². The molecule has 0 bridgehead atoms. The van der Waals surface area contributed by atoms with Crippen LogP contribution in [0.25, 0.3) is 0 Å². The second-order valence-electron chi connectivity index (χ2n) is 1.24. The Morgan fingerprint density at radius 3 is 1.70 bits per heavy atom. The third-order valence-corrected chi connectivity index (χ3v) is 0.607. The summed E-state index contributed by atoms with van der Waals surface area (Å²) in [7, 11) is 0. The van der Waals surface area contributed by atoms with Gasteiger partial charge in [0.05, 0.1) is 0 Å². The van der Waals surface area contributed by atoms with E-state index in [1.165, 1.54) is 6.07 Å². The summed E-state index contributed by atoms with van der Waals surface area (Å²) in [6, 6.07) is 14.0. The monoisotopic (exact) mass is 206 g/mol. The molecule has 49 valence electrons. The van der Waals surface area contributed by atoms with Crippen molar-refractivity contribution in [3.63, 3.8) is 0 Å². The molecule has 1 aromatic carbocycles. The van der Waals surface area contributed by atoms with Crippen molar-refractivity contribution in [2.75, 3.05) is 0 Å².